The second kappa shape index (κ2) is 10.8. The second-order valence-corrected chi connectivity index (χ2v) is 9.23. The summed E-state index contributed by atoms with van der Waals surface area (Å²) in [4.78, 5) is 16.7. The molecule has 2 aromatic rings. The third-order valence-electron chi connectivity index (χ3n) is 5.99. The second-order valence-electron chi connectivity index (χ2n) is 9.23. The quantitative estimate of drug-likeness (QED) is 0.492. The van der Waals surface area contributed by atoms with Crippen molar-refractivity contribution in [3.8, 4) is 5.75 Å². The molecule has 0 aliphatic carbocycles. The van der Waals surface area contributed by atoms with E-state index in [1.807, 2.05) is 24.3 Å². The zero-order valence-corrected chi connectivity index (χ0v) is 20.2. The van der Waals surface area contributed by atoms with Crippen LogP contribution in [0.5, 0.6) is 5.75 Å². The maximum Gasteiger partial charge on any atom is 0.416 e. The molecular formula is C26H33F3N2O3. The summed E-state index contributed by atoms with van der Waals surface area (Å²) < 4.78 is 49.2. The average Bonchev–Trinajstić information content (AvgIpc) is 2.77. The van der Waals surface area contributed by atoms with Crippen molar-refractivity contribution in [2.75, 3.05) is 26.2 Å². The van der Waals surface area contributed by atoms with Gasteiger partial charge in [-0.15, -0.1) is 0 Å². The summed E-state index contributed by atoms with van der Waals surface area (Å²) in [5.41, 5.74) is 0.352. The highest BCUT2D eigenvalue weighted by molar-refractivity contribution is 5.79. The van der Waals surface area contributed by atoms with Crippen LogP contribution >= 0.6 is 0 Å². The minimum Gasteiger partial charge on any atom is -0.476 e. The summed E-state index contributed by atoms with van der Waals surface area (Å²) in [6.07, 6.45) is -4.31. The van der Waals surface area contributed by atoms with E-state index in [9.17, 15) is 18.0 Å². The largest absolute Gasteiger partial charge is 0.476 e. The third kappa shape index (κ3) is 6.96. The summed E-state index contributed by atoms with van der Waals surface area (Å²) in [6, 6.07) is 13.4. The van der Waals surface area contributed by atoms with Crippen molar-refractivity contribution in [1.82, 2.24) is 9.80 Å². The van der Waals surface area contributed by atoms with Crippen molar-refractivity contribution in [3.05, 3.63) is 65.2 Å². The molecule has 0 N–H and O–H groups in total. The molecule has 1 aliphatic heterocycles. The minimum atomic E-state index is -4.31. The molecule has 2 aromatic carbocycles. The number of carbonyl (C=O) groups is 1. The standard InChI is InChI=1S/C26H33F3N2O3/c1-5-33-24(32)25(3,4)34-23-12-8-20(9-13-23)17-30-14-15-31(19(2)16-30)18-21-6-10-22(11-7-21)26(27,28)29/h6-13,19H,5,14-18H2,1-4H3. The molecule has 5 nitrogen and oxygen atoms in total. The average molecular weight is 479 g/mol. The Bertz CT molecular complexity index is 943. The molecule has 0 bridgehead atoms. The van der Waals surface area contributed by atoms with Gasteiger partial charge in [-0.3, -0.25) is 9.80 Å². The fraction of sp³-hybridized carbons (Fsp3) is 0.500. The van der Waals surface area contributed by atoms with Crippen LogP contribution in [0.25, 0.3) is 0 Å². The zero-order valence-electron chi connectivity index (χ0n) is 20.2. The first-order valence-corrected chi connectivity index (χ1v) is 11.6. The van der Waals surface area contributed by atoms with Crippen LogP contribution < -0.4 is 4.74 Å². The molecule has 1 saturated heterocycles. The van der Waals surface area contributed by atoms with Crippen LogP contribution in [0, 0.1) is 0 Å². The number of hydrogen-bond acceptors (Lipinski definition) is 5. The lowest BCUT2D eigenvalue weighted by atomic mass is 10.1. The van der Waals surface area contributed by atoms with E-state index < -0.39 is 23.3 Å². The predicted molar refractivity (Wildman–Crippen MR) is 124 cm³/mol. The lowest BCUT2D eigenvalue weighted by Crippen LogP contribution is -2.50. The van der Waals surface area contributed by atoms with E-state index in [4.69, 9.17) is 9.47 Å². The molecule has 1 fully saturated rings. The molecule has 34 heavy (non-hydrogen) atoms. The fourth-order valence-corrected chi connectivity index (χ4v) is 4.05. The van der Waals surface area contributed by atoms with Gasteiger partial charge in [-0.25, -0.2) is 4.79 Å². The van der Waals surface area contributed by atoms with Gasteiger partial charge in [0.2, 0.25) is 0 Å². The summed E-state index contributed by atoms with van der Waals surface area (Å²) in [5, 5.41) is 0. The maximum atomic E-state index is 12.8. The van der Waals surface area contributed by atoms with Gasteiger partial charge in [-0.2, -0.15) is 13.2 Å². The number of alkyl halides is 3. The smallest absolute Gasteiger partial charge is 0.416 e. The molecule has 1 aliphatic rings. The summed E-state index contributed by atoms with van der Waals surface area (Å²) in [7, 11) is 0. The van der Waals surface area contributed by atoms with Crippen LogP contribution in [-0.2, 0) is 28.8 Å². The predicted octanol–water partition coefficient (Wildman–Crippen LogP) is 5.13. The van der Waals surface area contributed by atoms with Gasteiger partial charge in [0.15, 0.2) is 5.60 Å². The van der Waals surface area contributed by atoms with Crippen LogP contribution in [0.1, 0.15) is 44.4 Å². The lowest BCUT2D eigenvalue weighted by molar-refractivity contribution is -0.158. The Morgan fingerprint density at radius 1 is 0.971 bits per heavy atom. The normalized spacial score (nSPS) is 18.0. The molecule has 1 unspecified atom stereocenters. The number of hydrogen-bond donors (Lipinski definition) is 0. The van der Waals surface area contributed by atoms with Gasteiger partial charge in [0.25, 0.3) is 0 Å². The van der Waals surface area contributed by atoms with E-state index in [1.54, 1.807) is 32.9 Å². The van der Waals surface area contributed by atoms with Gasteiger partial charge in [0.1, 0.15) is 5.75 Å². The van der Waals surface area contributed by atoms with E-state index in [-0.39, 0.29) is 6.04 Å². The van der Waals surface area contributed by atoms with E-state index in [0.717, 1.165) is 49.4 Å². The first-order chi connectivity index (χ1) is 16.0. The highest BCUT2D eigenvalue weighted by atomic mass is 19.4. The topological polar surface area (TPSA) is 42.0 Å². The fourth-order valence-electron chi connectivity index (χ4n) is 4.05. The van der Waals surface area contributed by atoms with Gasteiger partial charge in [0, 0.05) is 38.8 Å². The first-order valence-electron chi connectivity index (χ1n) is 11.6. The van der Waals surface area contributed by atoms with Gasteiger partial charge < -0.3 is 9.47 Å². The number of ether oxygens (including phenoxy) is 2. The number of esters is 1. The molecule has 186 valence electrons. The molecule has 1 atom stereocenters. The Morgan fingerprint density at radius 3 is 2.12 bits per heavy atom. The SMILES string of the molecule is CCOC(=O)C(C)(C)Oc1ccc(CN2CCN(Cc3ccc(C(F)(F)F)cc3)C(C)C2)cc1. The number of nitrogens with zero attached hydrogens (tertiary/aromatic N) is 2. The summed E-state index contributed by atoms with van der Waals surface area (Å²) >= 11 is 0. The number of benzene rings is 2. The molecule has 8 heteroatoms. The van der Waals surface area contributed by atoms with Crippen LogP contribution in [0.15, 0.2) is 48.5 Å². The summed E-state index contributed by atoms with van der Waals surface area (Å²) in [6.45, 7) is 11.6. The van der Waals surface area contributed by atoms with Gasteiger partial charge in [-0.05, 0) is 63.1 Å². The van der Waals surface area contributed by atoms with Crippen molar-refractivity contribution < 1.29 is 27.4 Å². The van der Waals surface area contributed by atoms with Gasteiger partial charge >= 0.3 is 12.1 Å². The third-order valence-corrected chi connectivity index (χ3v) is 5.99. The highest BCUT2D eigenvalue weighted by Gasteiger charge is 2.32. The Balaban J connectivity index is 1.50. The minimum absolute atomic E-state index is 0.282. The number of halogens is 3. The Hall–Kier alpha value is -2.58. The van der Waals surface area contributed by atoms with Crippen LogP contribution in [0.3, 0.4) is 0 Å². The van der Waals surface area contributed by atoms with Crippen molar-refractivity contribution in [3.63, 3.8) is 0 Å². The zero-order chi connectivity index (χ0) is 24.9. The van der Waals surface area contributed by atoms with Crippen molar-refractivity contribution in [2.24, 2.45) is 0 Å². The lowest BCUT2D eigenvalue weighted by Gasteiger charge is -2.40. The number of rotatable bonds is 8. The van der Waals surface area contributed by atoms with Gasteiger partial charge in [-0.1, -0.05) is 24.3 Å². The van der Waals surface area contributed by atoms with Crippen molar-refractivity contribution in [2.45, 2.75) is 58.6 Å². The van der Waals surface area contributed by atoms with Gasteiger partial charge in [0.05, 0.1) is 12.2 Å². The van der Waals surface area contributed by atoms with Crippen molar-refractivity contribution >= 4 is 5.97 Å². The van der Waals surface area contributed by atoms with Crippen LogP contribution in [-0.4, -0.2) is 53.7 Å². The number of piperazine rings is 1. The van der Waals surface area contributed by atoms with E-state index in [0.29, 0.717) is 18.9 Å². The Morgan fingerprint density at radius 2 is 1.56 bits per heavy atom. The first kappa shape index (κ1) is 26.0. The molecule has 0 radical (unpaired) electrons. The monoisotopic (exact) mass is 478 g/mol. The maximum absolute atomic E-state index is 12.8. The Labute approximate surface area is 199 Å². The van der Waals surface area contributed by atoms with E-state index in [2.05, 4.69) is 16.7 Å². The molecule has 3 rings (SSSR count). The molecule has 0 aromatic heterocycles. The van der Waals surface area contributed by atoms with Crippen molar-refractivity contribution in [1.29, 1.82) is 0 Å². The number of carbonyl (C=O) groups excluding carboxylic acids is 1. The molecule has 1 heterocycles. The van der Waals surface area contributed by atoms with E-state index >= 15 is 0 Å². The van der Waals surface area contributed by atoms with E-state index in [1.165, 1.54) is 0 Å². The van der Waals surface area contributed by atoms with Crippen LogP contribution in [0.4, 0.5) is 13.2 Å². The molecule has 0 amide bonds. The molecular weight excluding hydrogens is 445 g/mol. The molecule has 0 spiro atoms. The Kier molecular flexibility index (Phi) is 8.25. The highest BCUT2D eigenvalue weighted by Crippen LogP contribution is 2.29. The van der Waals surface area contributed by atoms with Crippen LogP contribution in [0.2, 0.25) is 0 Å². The summed E-state index contributed by atoms with van der Waals surface area (Å²) in [5.74, 6) is 0.207. The molecule has 0 saturated carbocycles.